The van der Waals surface area contributed by atoms with E-state index in [4.69, 9.17) is 0 Å². The lowest BCUT2D eigenvalue weighted by Gasteiger charge is -2.04. The number of hydrogen-bond donors (Lipinski definition) is 4. The summed E-state index contributed by atoms with van der Waals surface area (Å²) in [5.41, 5.74) is 2.85. The maximum Gasteiger partial charge on any atom is 0.257 e. The first-order valence-electron chi connectivity index (χ1n) is 11.8. The molecule has 0 fully saturated rings. The summed E-state index contributed by atoms with van der Waals surface area (Å²) in [7, 11) is -3.91. The lowest BCUT2D eigenvalue weighted by molar-refractivity contribution is 0.101. The quantitative estimate of drug-likeness (QED) is 0.241. The van der Waals surface area contributed by atoms with Crippen LogP contribution >= 0.6 is 0 Å². The number of nitrogens with zero attached hydrogens (tertiary/aromatic N) is 2. The number of hydrogen-bond acceptors (Lipinski definition) is 6. The minimum absolute atomic E-state index is 0.0519. The molecule has 0 unspecified atom stereocenters. The van der Waals surface area contributed by atoms with Gasteiger partial charge in [0.15, 0.2) is 0 Å². The van der Waals surface area contributed by atoms with E-state index in [1.807, 2.05) is 12.1 Å². The largest absolute Gasteiger partial charge is 0.324 e. The Hall–Kier alpha value is -5.29. The van der Waals surface area contributed by atoms with Gasteiger partial charge >= 0.3 is 0 Å². The van der Waals surface area contributed by atoms with Crippen molar-refractivity contribution in [3.8, 4) is 0 Å². The van der Waals surface area contributed by atoms with Gasteiger partial charge in [-0.1, -0.05) is 36.4 Å². The van der Waals surface area contributed by atoms with Gasteiger partial charge in [-0.25, -0.2) is 18.4 Å². The molecule has 2 aromatic heterocycles. The minimum atomic E-state index is -3.91. The summed E-state index contributed by atoms with van der Waals surface area (Å²) in [5, 5.41) is 5.38. The van der Waals surface area contributed by atoms with Crippen molar-refractivity contribution in [2.75, 3.05) is 10.6 Å². The van der Waals surface area contributed by atoms with E-state index in [0.717, 1.165) is 0 Å². The van der Waals surface area contributed by atoms with Crippen LogP contribution in [-0.2, 0) is 9.84 Å². The summed E-state index contributed by atoms with van der Waals surface area (Å²) in [5.74, 6) is -0.265. The lowest BCUT2D eigenvalue weighted by Crippen LogP contribution is -2.12. The Morgan fingerprint density at radius 3 is 1.41 bits per heavy atom. The molecule has 2 heterocycles. The summed E-state index contributed by atoms with van der Waals surface area (Å²) in [6.45, 7) is 0. The summed E-state index contributed by atoms with van der Waals surface area (Å²) in [4.78, 5) is 39.6. The second-order valence-corrected chi connectivity index (χ2v) is 10.6. The normalized spacial score (nSPS) is 11.5. The van der Waals surface area contributed by atoms with Crippen LogP contribution in [0.5, 0.6) is 0 Å². The number of aromatic amines is 2. The zero-order chi connectivity index (χ0) is 27.0. The van der Waals surface area contributed by atoms with E-state index in [1.165, 1.54) is 24.3 Å². The first-order chi connectivity index (χ1) is 18.9. The van der Waals surface area contributed by atoms with Crippen LogP contribution in [0.3, 0.4) is 0 Å². The summed E-state index contributed by atoms with van der Waals surface area (Å²) in [6.07, 6.45) is 0. The van der Waals surface area contributed by atoms with Crippen molar-refractivity contribution in [2.24, 2.45) is 0 Å². The van der Waals surface area contributed by atoms with Gasteiger partial charge in [-0.3, -0.25) is 20.2 Å². The number of imidazole rings is 2. The molecule has 2 amide bonds. The van der Waals surface area contributed by atoms with Crippen LogP contribution in [0.4, 0.5) is 11.9 Å². The topological polar surface area (TPSA) is 150 Å². The van der Waals surface area contributed by atoms with Crippen LogP contribution in [-0.4, -0.2) is 40.2 Å². The molecule has 0 aliphatic rings. The highest BCUT2D eigenvalue weighted by atomic mass is 32.2. The number of sulfone groups is 1. The van der Waals surface area contributed by atoms with E-state index in [1.54, 1.807) is 60.7 Å². The molecule has 0 aliphatic carbocycles. The van der Waals surface area contributed by atoms with E-state index in [2.05, 4.69) is 30.6 Å². The van der Waals surface area contributed by atoms with E-state index >= 15 is 0 Å². The second-order valence-electron chi connectivity index (χ2n) is 8.67. The summed E-state index contributed by atoms with van der Waals surface area (Å²) in [6, 6.07) is 26.4. The van der Waals surface area contributed by atoms with Crippen molar-refractivity contribution >= 4 is 55.6 Å². The van der Waals surface area contributed by atoms with Crippen molar-refractivity contribution < 1.29 is 18.0 Å². The third-order valence-electron chi connectivity index (χ3n) is 6.06. The van der Waals surface area contributed by atoms with Gasteiger partial charge in [0.25, 0.3) is 11.8 Å². The van der Waals surface area contributed by atoms with Crippen LogP contribution in [0.1, 0.15) is 20.7 Å². The third kappa shape index (κ3) is 4.74. The second kappa shape index (κ2) is 9.54. The highest BCUT2D eigenvalue weighted by Gasteiger charge is 2.21. The van der Waals surface area contributed by atoms with Crippen LogP contribution in [0.2, 0.25) is 0 Å². The number of fused-ring (bicyclic) bond motifs is 2. The molecule has 0 spiro atoms. The molecule has 0 atom stereocenters. The fraction of sp³-hybridized carbons (Fsp3) is 0. The molecule has 11 heteroatoms. The molecule has 0 aliphatic heterocycles. The first-order valence-corrected chi connectivity index (χ1v) is 13.3. The number of nitrogens with one attached hydrogen (secondary N) is 4. The van der Waals surface area contributed by atoms with E-state index in [0.29, 0.717) is 33.2 Å². The SMILES string of the molecule is O=C(Nc1nc2ccc(S(=O)(=O)c3ccc4nc(NC(=O)c5ccccc5)[nH]c4c3)cc2[nH]1)c1ccccc1. The fourth-order valence-electron chi connectivity index (χ4n) is 4.10. The third-order valence-corrected chi connectivity index (χ3v) is 7.81. The predicted molar refractivity (Wildman–Crippen MR) is 146 cm³/mol. The Balaban J connectivity index is 1.25. The molecule has 4 N–H and O–H groups in total. The number of aromatic nitrogens is 4. The van der Waals surface area contributed by atoms with E-state index in [-0.39, 0.29) is 33.5 Å². The van der Waals surface area contributed by atoms with Crippen molar-refractivity contribution in [1.29, 1.82) is 0 Å². The zero-order valence-electron chi connectivity index (χ0n) is 20.2. The van der Waals surface area contributed by atoms with Crippen molar-refractivity contribution in [3.63, 3.8) is 0 Å². The number of rotatable bonds is 6. The van der Waals surface area contributed by atoms with Crippen LogP contribution in [0.15, 0.2) is 107 Å². The minimum Gasteiger partial charge on any atom is -0.324 e. The molecule has 0 saturated carbocycles. The Bertz CT molecular complexity index is 1830. The molecule has 0 radical (unpaired) electrons. The smallest absolute Gasteiger partial charge is 0.257 e. The van der Waals surface area contributed by atoms with Gasteiger partial charge in [-0.15, -0.1) is 0 Å². The Morgan fingerprint density at radius 1 is 0.590 bits per heavy atom. The molecule has 0 bridgehead atoms. The Labute approximate surface area is 222 Å². The summed E-state index contributed by atoms with van der Waals surface area (Å²) >= 11 is 0. The number of H-pyrrole nitrogens is 2. The Morgan fingerprint density at radius 2 is 1.00 bits per heavy atom. The molecule has 4 aromatic carbocycles. The maximum absolute atomic E-state index is 13.5. The number of carbonyl (C=O) groups excluding carboxylic acids is 2. The van der Waals surface area contributed by atoms with Gasteiger partial charge in [-0.2, -0.15) is 0 Å². The van der Waals surface area contributed by atoms with E-state index in [9.17, 15) is 18.0 Å². The van der Waals surface area contributed by atoms with Crippen molar-refractivity contribution in [2.45, 2.75) is 9.79 Å². The van der Waals surface area contributed by atoms with E-state index < -0.39 is 9.84 Å². The number of amides is 2. The molecule has 6 aromatic rings. The standard InChI is InChI=1S/C28H20N6O4S/c35-25(17-7-3-1-4-8-17)33-27-29-21-13-11-19(15-23(21)31-27)39(37,38)20-12-14-22-24(16-20)32-28(30-22)34-26(36)18-9-5-2-6-10-18/h1-16H,(H2,29,31,33,35)(H2,30,32,34,36). The molecule has 10 nitrogen and oxygen atoms in total. The molecular weight excluding hydrogens is 516 g/mol. The van der Waals surface area contributed by atoms with Crippen LogP contribution in [0.25, 0.3) is 22.1 Å². The van der Waals surface area contributed by atoms with Gasteiger partial charge in [0.05, 0.1) is 31.9 Å². The van der Waals surface area contributed by atoms with Gasteiger partial charge in [-0.05, 0) is 60.7 Å². The average molecular weight is 537 g/mol. The fourth-order valence-corrected chi connectivity index (χ4v) is 5.42. The molecular formula is C28H20N6O4S. The van der Waals surface area contributed by atoms with Gasteiger partial charge in [0, 0.05) is 11.1 Å². The first kappa shape index (κ1) is 24.1. The highest BCUT2D eigenvalue weighted by molar-refractivity contribution is 7.91. The zero-order valence-corrected chi connectivity index (χ0v) is 21.0. The Kier molecular flexibility index (Phi) is 5.89. The highest BCUT2D eigenvalue weighted by Crippen LogP contribution is 2.27. The van der Waals surface area contributed by atoms with Gasteiger partial charge < -0.3 is 9.97 Å². The molecule has 39 heavy (non-hydrogen) atoms. The van der Waals surface area contributed by atoms with Gasteiger partial charge in [0.1, 0.15) is 0 Å². The van der Waals surface area contributed by atoms with Crippen LogP contribution < -0.4 is 10.6 Å². The average Bonchev–Trinajstić information content (AvgIpc) is 3.55. The number of benzene rings is 4. The molecule has 6 rings (SSSR count). The molecule has 0 saturated heterocycles. The lowest BCUT2D eigenvalue weighted by atomic mass is 10.2. The van der Waals surface area contributed by atoms with Crippen LogP contribution in [0, 0.1) is 0 Å². The van der Waals surface area contributed by atoms with Crippen molar-refractivity contribution in [3.05, 3.63) is 108 Å². The number of anilines is 2. The monoisotopic (exact) mass is 536 g/mol. The maximum atomic E-state index is 13.5. The summed E-state index contributed by atoms with van der Waals surface area (Å²) < 4.78 is 26.9. The molecule has 192 valence electrons. The van der Waals surface area contributed by atoms with Crippen molar-refractivity contribution in [1.82, 2.24) is 19.9 Å². The predicted octanol–water partition coefficient (Wildman–Crippen LogP) is 4.78. The number of carbonyl (C=O) groups is 2. The van der Waals surface area contributed by atoms with Gasteiger partial charge in [0.2, 0.25) is 21.7 Å².